The van der Waals surface area contributed by atoms with Crippen LogP contribution >= 0.6 is 15.9 Å². The molecule has 0 saturated carbocycles. The van der Waals surface area contributed by atoms with Crippen molar-refractivity contribution in [2.75, 3.05) is 0 Å². The molecule has 0 atom stereocenters. The van der Waals surface area contributed by atoms with Crippen molar-refractivity contribution in [2.24, 2.45) is 0 Å². The maximum atomic E-state index is 11.2. The lowest BCUT2D eigenvalue weighted by molar-refractivity contribution is 0.0699. The maximum Gasteiger partial charge on any atom is 0.336 e. The molecule has 100 valence electrons. The molecule has 0 aliphatic carbocycles. The molecule has 0 spiro atoms. The first kappa shape index (κ1) is 12.9. The van der Waals surface area contributed by atoms with Crippen molar-refractivity contribution in [1.29, 1.82) is 0 Å². The van der Waals surface area contributed by atoms with Gasteiger partial charge in [-0.3, -0.25) is 0 Å². The number of fused-ring (bicyclic) bond motifs is 1. The number of carboxylic acids is 1. The predicted octanol–water partition coefficient (Wildman–Crippen LogP) is 4.15. The van der Waals surface area contributed by atoms with Crippen molar-refractivity contribution in [1.82, 2.24) is 4.57 Å². The SMILES string of the molecule is O=C(O)c1cccc2c1ccn2Cc1cccc(Br)c1. The summed E-state index contributed by atoms with van der Waals surface area (Å²) in [7, 11) is 0. The zero-order chi connectivity index (χ0) is 14.1. The van der Waals surface area contributed by atoms with Gasteiger partial charge in [0.25, 0.3) is 0 Å². The van der Waals surface area contributed by atoms with Crippen LogP contribution in [0.25, 0.3) is 10.9 Å². The van der Waals surface area contributed by atoms with E-state index in [1.165, 1.54) is 0 Å². The Hall–Kier alpha value is -2.07. The largest absolute Gasteiger partial charge is 0.478 e. The van der Waals surface area contributed by atoms with Crippen molar-refractivity contribution in [2.45, 2.75) is 6.54 Å². The van der Waals surface area contributed by atoms with E-state index >= 15 is 0 Å². The minimum Gasteiger partial charge on any atom is -0.478 e. The molecule has 3 rings (SSSR count). The van der Waals surface area contributed by atoms with Crippen molar-refractivity contribution in [3.05, 3.63) is 70.3 Å². The summed E-state index contributed by atoms with van der Waals surface area (Å²) >= 11 is 3.46. The molecule has 0 aliphatic heterocycles. The fourth-order valence-corrected chi connectivity index (χ4v) is 2.83. The van der Waals surface area contributed by atoms with Crippen LogP contribution in [0.2, 0.25) is 0 Å². The molecular formula is C16H12BrNO2. The van der Waals surface area contributed by atoms with Gasteiger partial charge in [-0.25, -0.2) is 4.79 Å². The molecule has 0 bridgehead atoms. The third-order valence-electron chi connectivity index (χ3n) is 3.29. The molecule has 3 aromatic rings. The molecular weight excluding hydrogens is 318 g/mol. The first-order valence-electron chi connectivity index (χ1n) is 6.21. The van der Waals surface area contributed by atoms with Gasteiger partial charge >= 0.3 is 5.97 Å². The molecule has 0 aliphatic rings. The smallest absolute Gasteiger partial charge is 0.336 e. The van der Waals surface area contributed by atoms with Crippen LogP contribution in [0, 0.1) is 0 Å². The first-order chi connectivity index (χ1) is 9.65. The van der Waals surface area contributed by atoms with Crippen LogP contribution in [0.3, 0.4) is 0 Å². The third-order valence-corrected chi connectivity index (χ3v) is 3.78. The highest BCUT2D eigenvalue weighted by molar-refractivity contribution is 9.10. The van der Waals surface area contributed by atoms with Crippen LogP contribution in [0.4, 0.5) is 0 Å². The minimum absolute atomic E-state index is 0.343. The zero-order valence-corrected chi connectivity index (χ0v) is 12.2. The average molecular weight is 330 g/mol. The number of hydrogen-bond acceptors (Lipinski definition) is 1. The Bertz CT molecular complexity index is 792. The summed E-state index contributed by atoms with van der Waals surface area (Å²) in [5, 5.41) is 9.98. The zero-order valence-electron chi connectivity index (χ0n) is 10.6. The molecule has 0 radical (unpaired) electrons. The van der Waals surface area contributed by atoms with E-state index in [4.69, 9.17) is 0 Å². The second-order valence-electron chi connectivity index (χ2n) is 4.62. The van der Waals surface area contributed by atoms with Crippen LogP contribution < -0.4 is 0 Å². The molecule has 0 amide bonds. The Kier molecular flexibility index (Phi) is 3.32. The highest BCUT2D eigenvalue weighted by atomic mass is 79.9. The lowest BCUT2D eigenvalue weighted by atomic mass is 10.1. The van der Waals surface area contributed by atoms with Crippen LogP contribution in [-0.4, -0.2) is 15.6 Å². The monoisotopic (exact) mass is 329 g/mol. The number of carbonyl (C=O) groups is 1. The van der Waals surface area contributed by atoms with Gasteiger partial charge in [-0.15, -0.1) is 0 Å². The van der Waals surface area contributed by atoms with Crippen molar-refractivity contribution in [3.8, 4) is 0 Å². The summed E-state index contributed by atoms with van der Waals surface area (Å²) < 4.78 is 3.10. The van der Waals surface area contributed by atoms with Gasteiger partial charge in [-0.2, -0.15) is 0 Å². The molecule has 0 saturated heterocycles. The van der Waals surface area contributed by atoms with Gasteiger partial charge in [0.05, 0.1) is 5.56 Å². The van der Waals surface area contributed by atoms with Crippen molar-refractivity contribution in [3.63, 3.8) is 0 Å². The topological polar surface area (TPSA) is 42.2 Å². The molecule has 1 N–H and O–H groups in total. The fraction of sp³-hybridized carbons (Fsp3) is 0.0625. The van der Waals surface area contributed by atoms with E-state index in [1.807, 2.05) is 30.5 Å². The van der Waals surface area contributed by atoms with Crippen LogP contribution in [0.5, 0.6) is 0 Å². The molecule has 0 unspecified atom stereocenters. The Morgan fingerprint density at radius 3 is 2.70 bits per heavy atom. The number of nitrogens with zero attached hydrogens (tertiary/aromatic N) is 1. The van der Waals surface area contributed by atoms with E-state index in [9.17, 15) is 9.90 Å². The second-order valence-corrected chi connectivity index (χ2v) is 5.53. The van der Waals surface area contributed by atoms with E-state index in [0.717, 1.165) is 20.9 Å². The molecule has 0 fully saturated rings. The Morgan fingerprint density at radius 2 is 1.95 bits per heavy atom. The highest BCUT2D eigenvalue weighted by Gasteiger charge is 2.10. The number of hydrogen-bond donors (Lipinski definition) is 1. The Morgan fingerprint density at radius 1 is 1.15 bits per heavy atom. The fourth-order valence-electron chi connectivity index (χ4n) is 2.38. The number of benzene rings is 2. The molecule has 2 aromatic carbocycles. The first-order valence-corrected chi connectivity index (χ1v) is 7.00. The highest BCUT2D eigenvalue weighted by Crippen LogP contribution is 2.22. The van der Waals surface area contributed by atoms with E-state index < -0.39 is 5.97 Å². The number of halogens is 1. The number of aromatic carboxylic acids is 1. The van der Waals surface area contributed by atoms with Gasteiger partial charge in [-0.05, 0) is 35.9 Å². The predicted molar refractivity (Wildman–Crippen MR) is 82.1 cm³/mol. The normalized spacial score (nSPS) is 10.8. The average Bonchev–Trinajstić information content (AvgIpc) is 2.82. The van der Waals surface area contributed by atoms with Gasteiger partial charge in [0.1, 0.15) is 0 Å². The summed E-state index contributed by atoms with van der Waals surface area (Å²) in [4.78, 5) is 11.2. The molecule has 20 heavy (non-hydrogen) atoms. The molecule has 1 heterocycles. The van der Waals surface area contributed by atoms with Crippen LogP contribution in [0.1, 0.15) is 15.9 Å². The summed E-state index contributed by atoms with van der Waals surface area (Å²) in [5.41, 5.74) is 2.44. The standard InChI is InChI=1S/C16H12BrNO2/c17-12-4-1-3-11(9-12)10-18-8-7-13-14(16(19)20)5-2-6-15(13)18/h1-9H,10H2,(H,19,20). The van der Waals surface area contributed by atoms with Crippen LogP contribution in [-0.2, 0) is 6.54 Å². The quantitative estimate of drug-likeness (QED) is 0.784. The van der Waals surface area contributed by atoms with Gasteiger partial charge in [0.2, 0.25) is 0 Å². The van der Waals surface area contributed by atoms with E-state index in [2.05, 4.69) is 32.6 Å². The van der Waals surface area contributed by atoms with E-state index in [0.29, 0.717) is 12.1 Å². The van der Waals surface area contributed by atoms with Crippen molar-refractivity contribution < 1.29 is 9.90 Å². The molecule has 3 nitrogen and oxygen atoms in total. The third kappa shape index (κ3) is 2.34. The van der Waals surface area contributed by atoms with Gasteiger partial charge in [-0.1, -0.05) is 34.1 Å². The summed E-state index contributed by atoms with van der Waals surface area (Å²) in [5.74, 6) is -0.893. The molecule has 1 aromatic heterocycles. The van der Waals surface area contributed by atoms with Crippen LogP contribution in [0.15, 0.2) is 59.2 Å². The minimum atomic E-state index is -0.893. The summed E-state index contributed by atoms with van der Waals surface area (Å²) in [6, 6.07) is 15.3. The summed E-state index contributed by atoms with van der Waals surface area (Å²) in [6.07, 6.45) is 1.93. The van der Waals surface area contributed by atoms with E-state index in [-0.39, 0.29) is 0 Å². The van der Waals surface area contributed by atoms with E-state index in [1.54, 1.807) is 12.1 Å². The maximum absolute atomic E-state index is 11.2. The summed E-state index contributed by atoms with van der Waals surface area (Å²) in [6.45, 7) is 0.714. The van der Waals surface area contributed by atoms with Gasteiger partial charge in [0, 0.05) is 28.1 Å². The number of carboxylic acid groups (broad SMARTS) is 1. The Balaban J connectivity index is 2.05. The van der Waals surface area contributed by atoms with Crippen molar-refractivity contribution >= 4 is 32.8 Å². The van der Waals surface area contributed by atoms with Gasteiger partial charge in [0.15, 0.2) is 0 Å². The second kappa shape index (κ2) is 5.13. The van der Waals surface area contributed by atoms with Gasteiger partial charge < -0.3 is 9.67 Å². The number of rotatable bonds is 3. The molecule has 4 heteroatoms. The lowest BCUT2D eigenvalue weighted by Gasteiger charge is -2.07. The lowest BCUT2D eigenvalue weighted by Crippen LogP contribution is -2.00. The number of aromatic nitrogens is 1. The Labute approximate surface area is 124 Å².